The van der Waals surface area contributed by atoms with Crippen LogP contribution in [0.3, 0.4) is 0 Å². The number of hydrogen-bond donors (Lipinski definition) is 1. The van der Waals surface area contributed by atoms with Crippen molar-refractivity contribution in [1.82, 2.24) is 0 Å². The monoisotopic (exact) mass is 420 g/mol. The van der Waals surface area contributed by atoms with Crippen LogP contribution in [0.1, 0.15) is 54.0 Å². The van der Waals surface area contributed by atoms with E-state index in [1.165, 1.54) is 56.3 Å². The fraction of sp³-hybridized carbons (Fsp3) is 0.241. The maximum Gasteiger partial charge on any atom is 0.0520 e. The minimum Gasteiger partial charge on any atom is -0.396 e. The average Bonchev–Trinajstić information content (AvgIpc) is 2.82. The molecule has 0 bridgehead atoms. The van der Waals surface area contributed by atoms with Crippen LogP contribution in [0.25, 0.3) is 0 Å². The standard InChI is InChI=1S/C29H28N2O/c1-3-4-9-19(2)31-24-14-6-11-21-18-20-10-5-12-22-26(20)29(27(21)24)28-23(13-7-15-25(28)31)30(22)16-8-17-32/h3-7,9-15,29,32H,8,16-18H2,1-2H3. The summed E-state index contributed by atoms with van der Waals surface area (Å²) in [5.41, 5.74) is 13.6. The first-order valence-electron chi connectivity index (χ1n) is 11.6. The van der Waals surface area contributed by atoms with Crippen LogP contribution in [0.15, 0.2) is 78.5 Å². The molecule has 2 aliphatic heterocycles. The van der Waals surface area contributed by atoms with E-state index in [9.17, 15) is 5.11 Å². The Morgan fingerprint density at radius 3 is 2.19 bits per heavy atom. The van der Waals surface area contributed by atoms with Gasteiger partial charge in [-0.25, -0.2) is 0 Å². The highest BCUT2D eigenvalue weighted by atomic mass is 16.3. The van der Waals surface area contributed by atoms with Crippen LogP contribution in [-0.2, 0) is 6.42 Å². The Morgan fingerprint density at radius 1 is 0.906 bits per heavy atom. The summed E-state index contributed by atoms with van der Waals surface area (Å²) in [6, 6.07) is 20.3. The van der Waals surface area contributed by atoms with Crippen LogP contribution in [0.5, 0.6) is 0 Å². The van der Waals surface area contributed by atoms with E-state index in [2.05, 4.69) is 96.5 Å². The highest BCUT2D eigenvalue weighted by Crippen LogP contribution is 2.61. The van der Waals surface area contributed by atoms with Crippen LogP contribution in [0.4, 0.5) is 22.7 Å². The molecule has 0 amide bonds. The van der Waals surface area contributed by atoms with Crippen molar-refractivity contribution in [3.63, 3.8) is 0 Å². The van der Waals surface area contributed by atoms with Crippen molar-refractivity contribution in [1.29, 1.82) is 0 Å². The normalized spacial score (nSPS) is 17.7. The quantitative estimate of drug-likeness (QED) is 0.372. The van der Waals surface area contributed by atoms with Gasteiger partial charge in [0.1, 0.15) is 0 Å². The zero-order valence-corrected chi connectivity index (χ0v) is 18.7. The summed E-state index contributed by atoms with van der Waals surface area (Å²) in [5.74, 6) is 0.267. The van der Waals surface area contributed by atoms with Gasteiger partial charge in [-0.15, -0.1) is 0 Å². The molecule has 3 nitrogen and oxygen atoms in total. The first-order chi connectivity index (χ1) is 15.7. The second-order valence-electron chi connectivity index (χ2n) is 8.92. The lowest BCUT2D eigenvalue weighted by atomic mass is 9.68. The smallest absolute Gasteiger partial charge is 0.0520 e. The van der Waals surface area contributed by atoms with E-state index in [1.54, 1.807) is 0 Å². The van der Waals surface area contributed by atoms with Gasteiger partial charge in [0.15, 0.2) is 0 Å². The Bertz CT molecular complexity index is 1290. The first-order valence-corrected chi connectivity index (χ1v) is 11.6. The Balaban J connectivity index is 1.68. The molecule has 0 fully saturated rings. The van der Waals surface area contributed by atoms with Crippen LogP contribution >= 0.6 is 0 Å². The first kappa shape index (κ1) is 19.4. The minimum atomic E-state index is 0.203. The van der Waals surface area contributed by atoms with Crippen molar-refractivity contribution < 1.29 is 5.11 Å². The summed E-state index contributed by atoms with van der Waals surface area (Å²) in [5, 5.41) is 9.60. The maximum absolute atomic E-state index is 9.60. The molecule has 1 N–H and O–H groups in total. The van der Waals surface area contributed by atoms with E-state index < -0.39 is 0 Å². The third kappa shape index (κ3) is 2.58. The second kappa shape index (κ2) is 7.39. The van der Waals surface area contributed by atoms with E-state index >= 15 is 0 Å². The predicted octanol–water partition coefficient (Wildman–Crippen LogP) is 6.54. The second-order valence-corrected chi connectivity index (χ2v) is 8.92. The summed E-state index contributed by atoms with van der Waals surface area (Å²) in [7, 11) is 0. The molecule has 0 saturated heterocycles. The van der Waals surface area contributed by atoms with Gasteiger partial charge in [0.25, 0.3) is 0 Å². The average molecular weight is 421 g/mol. The van der Waals surface area contributed by atoms with Crippen molar-refractivity contribution in [2.24, 2.45) is 0 Å². The van der Waals surface area contributed by atoms with Crippen molar-refractivity contribution in [3.05, 3.63) is 106 Å². The van der Waals surface area contributed by atoms with Gasteiger partial charge in [0, 0.05) is 41.7 Å². The van der Waals surface area contributed by atoms with Crippen LogP contribution < -0.4 is 9.80 Å². The molecular formula is C29H28N2O. The highest BCUT2D eigenvalue weighted by Gasteiger charge is 2.43. The number of rotatable bonds is 5. The van der Waals surface area contributed by atoms with Gasteiger partial charge in [-0.2, -0.15) is 0 Å². The predicted molar refractivity (Wildman–Crippen MR) is 132 cm³/mol. The van der Waals surface area contributed by atoms with E-state index in [4.69, 9.17) is 0 Å². The molecule has 32 heavy (non-hydrogen) atoms. The summed E-state index contributed by atoms with van der Waals surface area (Å²) in [6.07, 6.45) is 8.13. The largest absolute Gasteiger partial charge is 0.396 e. The number of benzene rings is 3. The molecule has 6 rings (SSSR count). The molecule has 2 heterocycles. The zero-order chi connectivity index (χ0) is 21.8. The van der Waals surface area contributed by atoms with Gasteiger partial charge >= 0.3 is 0 Å². The Hall–Kier alpha value is -3.30. The van der Waals surface area contributed by atoms with Crippen LogP contribution in [0.2, 0.25) is 0 Å². The summed E-state index contributed by atoms with van der Waals surface area (Å²) < 4.78 is 0. The molecule has 1 unspecified atom stereocenters. The summed E-state index contributed by atoms with van der Waals surface area (Å²) >= 11 is 0. The van der Waals surface area contributed by atoms with Crippen LogP contribution in [-0.4, -0.2) is 18.3 Å². The summed E-state index contributed by atoms with van der Waals surface area (Å²) in [4.78, 5) is 4.88. The number of aliphatic hydroxyl groups excluding tert-OH is 1. The van der Waals surface area contributed by atoms with Gasteiger partial charge in [-0.05, 0) is 79.3 Å². The van der Waals surface area contributed by atoms with E-state index in [0.717, 1.165) is 19.4 Å². The minimum absolute atomic E-state index is 0.203. The van der Waals surface area contributed by atoms with Crippen molar-refractivity contribution >= 4 is 22.7 Å². The molecule has 0 spiro atoms. The molecule has 160 valence electrons. The van der Waals surface area contributed by atoms with Crippen molar-refractivity contribution in [2.75, 3.05) is 23.0 Å². The van der Waals surface area contributed by atoms with Crippen molar-refractivity contribution in [2.45, 2.75) is 32.6 Å². The molecular weight excluding hydrogens is 392 g/mol. The molecule has 3 aromatic carbocycles. The number of nitrogens with zero attached hydrogens (tertiary/aromatic N) is 2. The molecule has 0 aromatic heterocycles. The van der Waals surface area contributed by atoms with E-state index in [-0.39, 0.29) is 12.5 Å². The third-order valence-corrected chi connectivity index (χ3v) is 7.14. The molecule has 3 aliphatic rings. The molecule has 0 radical (unpaired) electrons. The number of allylic oxidation sites excluding steroid dienone is 4. The lowest BCUT2D eigenvalue weighted by molar-refractivity contribution is 0.290. The van der Waals surface area contributed by atoms with Crippen molar-refractivity contribution in [3.8, 4) is 0 Å². The summed E-state index contributed by atoms with van der Waals surface area (Å²) in [6.45, 7) is 5.28. The third-order valence-electron chi connectivity index (χ3n) is 7.14. The van der Waals surface area contributed by atoms with Gasteiger partial charge in [-0.1, -0.05) is 42.5 Å². The SMILES string of the molecule is CC=CC=C(C)N1c2cccc3c2C2c4c(cccc4N(CCCO)c4cccc1c42)C3. The Labute approximate surface area is 189 Å². The fourth-order valence-electron chi connectivity index (χ4n) is 5.93. The molecule has 1 aliphatic carbocycles. The molecule has 3 heteroatoms. The van der Waals surface area contributed by atoms with Gasteiger partial charge in [0.05, 0.1) is 11.4 Å². The van der Waals surface area contributed by atoms with Gasteiger partial charge < -0.3 is 14.9 Å². The fourth-order valence-corrected chi connectivity index (χ4v) is 5.93. The highest BCUT2D eigenvalue weighted by molar-refractivity contribution is 5.93. The Kier molecular flexibility index (Phi) is 4.48. The topological polar surface area (TPSA) is 26.7 Å². The van der Waals surface area contributed by atoms with Crippen LogP contribution in [0, 0.1) is 0 Å². The van der Waals surface area contributed by atoms with Gasteiger partial charge in [-0.3, -0.25) is 0 Å². The lowest BCUT2D eigenvalue weighted by Gasteiger charge is -2.48. The Morgan fingerprint density at radius 2 is 1.50 bits per heavy atom. The molecule has 0 saturated carbocycles. The number of aliphatic hydroxyl groups is 1. The zero-order valence-electron chi connectivity index (χ0n) is 18.7. The van der Waals surface area contributed by atoms with E-state index in [0.29, 0.717) is 0 Å². The number of hydrogen-bond acceptors (Lipinski definition) is 3. The number of anilines is 4. The maximum atomic E-state index is 9.60. The molecule has 1 atom stereocenters. The lowest BCUT2D eigenvalue weighted by Crippen LogP contribution is -2.35. The van der Waals surface area contributed by atoms with E-state index in [1.807, 2.05) is 0 Å². The van der Waals surface area contributed by atoms with Gasteiger partial charge in [0.2, 0.25) is 0 Å². The molecule has 3 aromatic rings.